The van der Waals surface area contributed by atoms with E-state index < -0.39 is 5.97 Å². The first-order chi connectivity index (χ1) is 6.59. The van der Waals surface area contributed by atoms with Gasteiger partial charge in [-0.2, -0.15) is 0 Å². The topological polar surface area (TPSA) is 63.3 Å². The molecule has 0 fully saturated rings. The Morgan fingerprint density at radius 3 is 2.86 bits per heavy atom. The van der Waals surface area contributed by atoms with Gasteiger partial charge in [0.25, 0.3) is 0 Å². The van der Waals surface area contributed by atoms with Crippen LogP contribution in [0, 0.1) is 0 Å². The van der Waals surface area contributed by atoms with Crippen LogP contribution in [-0.2, 0) is 0 Å². The van der Waals surface area contributed by atoms with Gasteiger partial charge in [-0.3, -0.25) is 0 Å². The van der Waals surface area contributed by atoms with Crippen molar-refractivity contribution in [3.63, 3.8) is 0 Å². The summed E-state index contributed by atoms with van der Waals surface area (Å²) in [7, 11) is 0. The summed E-state index contributed by atoms with van der Waals surface area (Å²) in [5.74, 6) is -1.00. The van der Waals surface area contributed by atoms with E-state index in [9.17, 15) is 4.79 Å². The zero-order valence-corrected chi connectivity index (χ0v) is 8.52. The largest absolute Gasteiger partial charge is 0.477 e. The zero-order valence-electron chi connectivity index (χ0n) is 6.95. The molecule has 14 heavy (non-hydrogen) atoms. The third kappa shape index (κ3) is 1.32. The number of aromatic carboxylic acids is 1. The van der Waals surface area contributed by atoms with Crippen LogP contribution in [0.1, 0.15) is 9.67 Å². The highest BCUT2D eigenvalue weighted by Crippen LogP contribution is 2.36. The third-order valence-corrected chi connectivity index (χ3v) is 3.51. The fraction of sp³-hybridized carbons (Fsp3) is 0. The number of nitrogen functional groups attached to an aromatic ring is 1. The molecule has 1 aromatic carbocycles. The maximum absolute atomic E-state index is 10.8. The number of benzene rings is 1. The lowest BCUT2D eigenvalue weighted by atomic mass is 10.2. The lowest BCUT2D eigenvalue weighted by Gasteiger charge is -1.92. The number of fused-ring (bicyclic) bond motifs is 1. The normalized spacial score (nSPS) is 10.6. The van der Waals surface area contributed by atoms with Gasteiger partial charge in [-0.05, 0) is 18.2 Å². The molecule has 2 aromatic rings. The summed E-state index contributed by atoms with van der Waals surface area (Å²) >= 11 is 7.05. The fourth-order valence-electron chi connectivity index (χ4n) is 1.22. The number of halogens is 1. The molecule has 0 aliphatic rings. The second-order valence-electron chi connectivity index (χ2n) is 2.81. The van der Waals surface area contributed by atoms with Gasteiger partial charge >= 0.3 is 5.97 Å². The molecule has 0 radical (unpaired) electrons. The lowest BCUT2D eigenvalue weighted by molar-refractivity contribution is 0.0702. The molecule has 0 unspecified atom stereocenters. The molecule has 0 aliphatic heterocycles. The summed E-state index contributed by atoms with van der Waals surface area (Å²) in [6.07, 6.45) is 0. The first kappa shape index (κ1) is 9.30. The first-order valence-corrected chi connectivity index (χ1v) is 5.00. The van der Waals surface area contributed by atoms with Crippen molar-refractivity contribution < 1.29 is 9.90 Å². The van der Waals surface area contributed by atoms with E-state index in [1.807, 2.05) is 0 Å². The molecule has 2 rings (SSSR count). The van der Waals surface area contributed by atoms with Crippen LogP contribution in [0.15, 0.2) is 18.2 Å². The number of carboxylic acids is 1. The number of nitrogens with two attached hydrogens (primary N) is 1. The summed E-state index contributed by atoms with van der Waals surface area (Å²) in [6, 6.07) is 5.18. The van der Waals surface area contributed by atoms with Crippen molar-refractivity contribution in [2.45, 2.75) is 0 Å². The smallest absolute Gasteiger partial charge is 0.347 e. The van der Waals surface area contributed by atoms with Crippen molar-refractivity contribution in [2.24, 2.45) is 0 Å². The molecule has 1 heterocycles. The van der Waals surface area contributed by atoms with Crippen LogP contribution >= 0.6 is 22.9 Å². The van der Waals surface area contributed by atoms with Crippen molar-refractivity contribution in [3.05, 3.63) is 28.1 Å². The Morgan fingerprint density at radius 2 is 2.21 bits per heavy atom. The number of hydrogen-bond donors (Lipinski definition) is 2. The number of carbonyl (C=O) groups is 1. The van der Waals surface area contributed by atoms with E-state index in [1.165, 1.54) is 0 Å². The minimum atomic E-state index is -1.00. The average Bonchev–Trinajstić information content (AvgIpc) is 2.44. The van der Waals surface area contributed by atoms with Gasteiger partial charge in [0.2, 0.25) is 0 Å². The predicted octanol–water partition coefficient (Wildman–Crippen LogP) is 2.84. The van der Waals surface area contributed by atoms with Crippen LogP contribution in [-0.4, -0.2) is 11.1 Å². The molecule has 0 bridgehead atoms. The Hall–Kier alpha value is -1.26. The van der Waals surface area contributed by atoms with Gasteiger partial charge in [0.05, 0.1) is 5.02 Å². The van der Waals surface area contributed by atoms with Gasteiger partial charge in [-0.1, -0.05) is 11.6 Å². The molecule has 0 atom stereocenters. The summed E-state index contributed by atoms with van der Waals surface area (Å²) in [5, 5.41) is 9.80. The Kier molecular flexibility index (Phi) is 2.09. The highest BCUT2D eigenvalue weighted by molar-refractivity contribution is 7.21. The average molecular weight is 228 g/mol. The van der Waals surface area contributed by atoms with E-state index in [1.54, 1.807) is 18.2 Å². The molecule has 1 aromatic heterocycles. The number of carboxylic acid groups (broad SMARTS) is 1. The SMILES string of the molecule is Nc1ccc2sc(C(=O)O)c(Cl)c2c1. The Labute approximate surface area is 88.7 Å². The number of anilines is 1. The Bertz CT molecular complexity index is 521. The molecular weight excluding hydrogens is 222 g/mol. The van der Waals surface area contributed by atoms with Crippen molar-refractivity contribution in [2.75, 3.05) is 5.73 Å². The van der Waals surface area contributed by atoms with Gasteiger partial charge in [0.15, 0.2) is 0 Å². The zero-order chi connectivity index (χ0) is 10.3. The van der Waals surface area contributed by atoms with Crippen molar-refractivity contribution in [1.82, 2.24) is 0 Å². The maximum Gasteiger partial charge on any atom is 0.347 e. The molecule has 3 N–H and O–H groups in total. The second-order valence-corrected chi connectivity index (χ2v) is 4.24. The van der Waals surface area contributed by atoms with Gasteiger partial charge < -0.3 is 10.8 Å². The summed E-state index contributed by atoms with van der Waals surface area (Å²) < 4.78 is 0.835. The van der Waals surface area contributed by atoms with Gasteiger partial charge in [0.1, 0.15) is 4.88 Å². The first-order valence-electron chi connectivity index (χ1n) is 3.80. The standard InChI is InChI=1S/C9H6ClNO2S/c10-7-5-3-4(11)1-2-6(5)14-8(7)9(12)13/h1-3H,11H2,(H,12,13). The summed E-state index contributed by atoms with van der Waals surface area (Å²) in [4.78, 5) is 10.9. The molecule has 5 heteroatoms. The van der Waals surface area contributed by atoms with Crippen molar-refractivity contribution in [3.8, 4) is 0 Å². The maximum atomic E-state index is 10.8. The predicted molar refractivity (Wildman–Crippen MR) is 58.2 cm³/mol. The molecule has 0 spiro atoms. The quantitative estimate of drug-likeness (QED) is 0.737. The third-order valence-electron chi connectivity index (χ3n) is 1.85. The number of thiophene rings is 1. The van der Waals surface area contributed by atoms with Crippen molar-refractivity contribution >= 4 is 44.7 Å². The monoisotopic (exact) mass is 227 g/mol. The van der Waals surface area contributed by atoms with Crippen molar-refractivity contribution in [1.29, 1.82) is 0 Å². The highest BCUT2D eigenvalue weighted by Gasteiger charge is 2.15. The van der Waals surface area contributed by atoms with Crippen LogP contribution in [0.5, 0.6) is 0 Å². The number of hydrogen-bond acceptors (Lipinski definition) is 3. The molecule has 0 amide bonds. The summed E-state index contributed by atoms with van der Waals surface area (Å²) in [5.41, 5.74) is 6.15. The lowest BCUT2D eigenvalue weighted by Crippen LogP contribution is -1.91. The van der Waals surface area contributed by atoms with Crippen LogP contribution in [0.4, 0.5) is 5.69 Å². The van der Waals surface area contributed by atoms with E-state index >= 15 is 0 Å². The minimum absolute atomic E-state index is 0.160. The van der Waals surface area contributed by atoms with E-state index in [2.05, 4.69) is 0 Å². The fourth-order valence-corrected chi connectivity index (χ4v) is 2.55. The minimum Gasteiger partial charge on any atom is -0.477 e. The molecular formula is C9H6ClNO2S. The van der Waals surface area contributed by atoms with E-state index in [-0.39, 0.29) is 9.90 Å². The number of rotatable bonds is 1. The molecule has 3 nitrogen and oxygen atoms in total. The Morgan fingerprint density at radius 1 is 1.50 bits per heavy atom. The highest BCUT2D eigenvalue weighted by atomic mass is 35.5. The van der Waals surface area contributed by atoms with Crippen LogP contribution in [0.3, 0.4) is 0 Å². The molecule has 72 valence electrons. The molecule has 0 saturated carbocycles. The van der Waals surface area contributed by atoms with Gasteiger partial charge in [0, 0.05) is 15.8 Å². The van der Waals surface area contributed by atoms with Gasteiger partial charge in [-0.25, -0.2) is 4.79 Å². The molecule has 0 saturated heterocycles. The van der Waals surface area contributed by atoms with E-state index in [0.29, 0.717) is 11.1 Å². The van der Waals surface area contributed by atoms with Crippen LogP contribution in [0.25, 0.3) is 10.1 Å². The second kappa shape index (κ2) is 3.15. The van der Waals surface area contributed by atoms with E-state index in [4.69, 9.17) is 22.4 Å². The van der Waals surface area contributed by atoms with Crippen LogP contribution in [0.2, 0.25) is 5.02 Å². The Balaban J connectivity index is 2.80. The molecule has 0 aliphatic carbocycles. The van der Waals surface area contributed by atoms with Crippen LogP contribution < -0.4 is 5.73 Å². The van der Waals surface area contributed by atoms with E-state index in [0.717, 1.165) is 16.0 Å². The summed E-state index contributed by atoms with van der Waals surface area (Å²) in [6.45, 7) is 0. The van der Waals surface area contributed by atoms with Gasteiger partial charge in [-0.15, -0.1) is 11.3 Å².